The minimum atomic E-state index is -0.942. The number of carbonyl (C=O) groups is 1. The fourth-order valence-electron chi connectivity index (χ4n) is 3.89. The lowest BCUT2D eigenvalue weighted by atomic mass is 9.76. The highest BCUT2D eigenvalue weighted by Gasteiger charge is 2.38. The summed E-state index contributed by atoms with van der Waals surface area (Å²) in [5, 5.41) is 23.8. The Labute approximate surface area is 144 Å². The molecule has 4 rings (SSSR count). The predicted molar refractivity (Wildman–Crippen MR) is 92.8 cm³/mol. The number of nitro groups is 1. The number of allylic oxidation sites excluding steroid dienone is 2. The molecule has 1 aliphatic heterocycles. The minimum absolute atomic E-state index is 0.0527. The van der Waals surface area contributed by atoms with Crippen LogP contribution in [0.5, 0.6) is 0 Å². The Bertz CT molecular complexity index is 906. The highest BCUT2D eigenvalue weighted by Crippen LogP contribution is 2.50. The second kappa shape index (κ2) is 5.73. The smallest absolute Gasteiger partial charge is 0.335 e. The first-order chi connectivity index (χ1) is 12.0. The third-order valence-electron chi connectivity index (χ3n) is 5.05. The van der Waals surface area contributed by atoms with Crippen molar-refractivity contribution >= 4 is 17.3 Å². The van der Waals surface area contributed by atoms with Crippen molar-refractivity contribution in [3.8, 4) is 0 Å². The van der Waals surface area contributed by atoms with Crippen molar-refractivity contribution in [1.29, 1.82) is 0 Å². The standard InChI is InChI=1S/C19H16N2O4/c22-19(23)12-7-8-17-16(10-12)14-5-2-6-15(14)18(20-17)11-3-1-4-13(9-11)21(24)25/h1-5,7-10,14-15,18,20H,6H2,(H,22,23)/t14-,15-,18+/m1/s1. The molecule has 0 saturated carbocycles. The van der Waals surface area contributed by atoms with Crippen molar-refractivity contribution in [2.45, 2.75) is 18.4 Å². The fraction of sp³-hybridized carbons (Fsp3) is 0.211. The number of nitro benzene ring substituents is 1. The first-order valence-corrected chi connectivity index (χ1v) is 8.09. The molecule has 2 N–H and O–H groups in total. The summed E-state index contributed by atoms with van der Waals surface area (Å²) in [5.74, 6) is -0.625. The van der Waals surface area contributed by atoms with Crippen LogP contribution in [0.25, 0.3) is 0 Å². The minimum Gasteiger partial charge on any atom is -0.478 e. The number of benzene rings is 2. The summed E-state index contributed by atoms with van der Waals surface area (Å²) in [4.78, 5) is 22.0. The van der Waals surface area contributed by atoms with Crippen molar-refractivity contribution in [1.82, 2.24) is 0 Å². The first-order valence-electron chi connectivity index (χ1n) is 8.09. The van der Waals surface area contributed by atoms with Crippen molar-refractivity contribution < 1.29 is 14.8 Å². The number of hydrogen-bond donors (Lipinski definition) is 2. The van der Waals surface area contributed by atoms with Crippen LogP contribution >= 0.6 is 0 Å². The zero-order valence-corrected chi connectivity index (χ0v) is 13.3. The SMILES string of the molecule is O=C(O)c1ccc2c(c1)[C@@H]1C=CC[C@H]1[C@H](c1cccc([N+](=O)[O-])c1)N2. The summed E-state index contributed by atoms with van der Waals surface area (Å²) < 4.78 is 0. The molecule has 0 unspecified atom stereocenters. The Morgan fingerprint density at radius 3 is 2.84 bits per heavy atom. The van der Waals surface area contributed by atoms with Crippen LogP contribution in [0.2, 0.25) is 0 Å². The van der Waals surface area contributed by atoms with Crippen LogP contribution in [0.1, 0.15) is 39.9 Å². The molecule has 0 radical (unpaired) electrons. The summed E-state index contributed by atoms with van der Waals surface area (Å²) in [7, 11) is 0. The maximum atomic E-state index is 11.3. The van der Waals surface area contributed by atoms with Crippen LogP contribution in [0, 0.1) is 16.0 Å². The monoisotopic (exact) mass is 336 g/mol. The van der Waals surface area contributed by atoms with E-state index in [0.717, 1.165) is 23.2 Å². The molecule has 1 heterocycles. The van der Waals surface area contributed by atoms with Gasteiger partial charge >= 0.3 is 5.97 Å². The van der Waals surface area contributed by atoms with E-state index in [1.54, 1.807) is 30.3 Å². The van der Waals surface area contributed by atoms with E-state index in [9.17, 15) is 20.0 Å². The van der Waals surface area contributed by atoms with Crippen molar-refractivity contribution in [2.75, 3.05) is 5.32 Å². The lowest BCUT2D eigenvalue weighted by Gasteiger charge is -2.37. The van der Waals surface area contributed by atoms with Gasteiger partial charge in [0.2, 0.25) is 0 Å². The molecule has 25 heavy (non-hydrogen) atoms. The van der Waals surface area contributed by atoms with Crippen molar-refractivity contribution in [3.05, 3.63) is 81.4 Å². The Morgan fingerprint density at radius 1 is 1.24 bits per heavy atom. The van der Waals surface area contributed by atoms with Crippen LogP contribution in [0.3, 0.4) is 0 Å². The second-order valence-electron chi connectivity index (χ2n) is 6.43. The van der Waals surface area contributed by atoms with Gasteiger partial charge in [0.05, 0.1) is 16.5 Å². The molecule has 0 spiro atoms. The topological polar surface area (TPSA) is 92.5 Å². The van der Waals surface area contributed by atoms with Gasteiger partial charge in [0.1, 0.15) is 0 Å². The molecule has 6 heteroatoms. The predicted octanol–water partition coefficient (Wildman–Crippen LogP) is 4.12. The Kier molecular flexibility index (Phi) is 3.53. The molecule has 0 amide bonds. The molecule has 2 aliphatic rings. The molecule has 3 atom stereocenters. The quantitative estimate of drug-likeness (QED) is 0.500. The normalized spacial score (nSPS) is 23.4. The van der Waals surface area contributed by atoms with Crippen LogP contribution in [0.4, 0.5) is 11.4 Å². The van der Waals surface area contributed by atoms with Gasteiger partial charge in [0.25, 0.3) is 5.69 Å². The molecular weight excluding hydrogens is 320 g/mol. The number of non-ortho nitro benzene ring substituents is 1. The van der Waals surface area contributed by atoms with Gasteiger partial charge in [-0.1, -0.05) is 24.3 Å². The molecule has 0 aromatic heterocycles. The van der Waals surface area contributed by atoms with E-state index >= 15 is 0 Å². The number of hydrogen-bond acceptors (Lipinski definition) is 4. The second-order valence-corrected chi connectivity index (χ2v) is 6.43. The molecule has 2 aromatic carbocycles. The zero-order chi connectivity index (χ0) is 17.6. The van der Waals surface area contributed by atoms with Crippen molar-refractivity contribution in [2.24, 2.45) is 5.92 Å². The molecule has 2 aromatic rings. The lowest BCUT2D eigenvalue weighted by Crippen LogP contribution is -2.29. The lowest BCUT2D eigenvalue weighted by molar-refractivity contribution is -0.384. The summed E-state index contributed by atoms with van der Waals surface area (Å²) in [5.41, 5.74) is 3.08. The molecule has 6 nitrogen and oxygen atoms in total. The molecular formula is C19H16N2O4. The number of nitrogens with one attached hydrogen (secondary N) is 1. The summed E-state index contributed by atoms with van der Waals surface area (Å²) in [6, 6.07) is 11.7. The largest absolute Gasteiger partial charge is 0.478 e. The fourth-order valence-corrected chi connectivity index (χ4v) is 3.89. The van der Waals surface area contributed by atoms with Crippen molar-refractivity contribution in [3.63, 3.8) is 0 Å². The number of nitrogens with zero attached hydrogens (tertiary/aromatic N) is 1. The number of aromatic carboxylic acids is 1. The molecule has 0 bridgehead atoms. The number of fused-ring (bicyclic) bond motifs is 3. The average Bonchev–Trinajstić information content (AvgIpc) is 3.10. The maximum Gasteiger partial charge on any atom is 0.335 e. The van der Waals surface area contributed by atoms with Gasteiger partial charge < -0.3 is 10.4 Å². The van der Waals surface area contributed by atoms with Crippen LogP contribution < -0.4 is 5.32 Å². The van der Waals surface area contributed by atoms with Gasteiger partial charge in [0, 0.05) is 23.7 Å². The number of anilines is 1. The zero-order valence-electron chi connectivity index (χ0n) is 13.3. The van der Waals surface area contributed by atoms with Gasteiger partial charge in [-0.2, -0.15) is 0 Å². The van der Waals surface area contributed by atoms with Gasteiger partial charge in [-0.15, -0.1) is 0 Å². The highest BCUT2D eigenvalue weighted by molar-refractivity contribution is 5.89. The third-order valence-corrected chi connectivity index (χ3v) is 5.05. The summed E-state index contributed by atoms with van der Waals surface area (Å²) >= 11 is 0. The molecule has 1 aliphatic carbocycles. The third kappa shape index (κ3) is 2.55. The molecule has 0 fully saturated rings. The number of carboxylic acid groups (broad SMARTS) is 1. The Balaban J connectivity index is 1.77. The molecule has 126 valence electrons. The maximum absolute atomic E-state index is 11.3. The van der Waals surface area contributed by atoms with Gasteiger partial charge in [-0.05, 0) is 41.7 Å². The Morgan fingerprint density at radius 2 is 2.08 bits per heavy atom. The van der Waals surface area contributed by atoms with Crippen LogP contribution in [-0.4, -0.2) is 16.0 Å². The van der Waals surface area contributed by atoms with Gasteiger partial charge in [-0.25, -0.2) is 4.79 Å². The first kappa shape index (κ1) is 15.4. The van der Waals surface area contributed by atoms with E-state index in [-0.39, 0.29) is 34.1 Å². The highest BCUT2D eigenvalue weighted by atomic mass is 16.6. The van der Waals surface area contributed by atoms with E-state index in [1.165, 1.54) is 6.07 Å². The Hall–Kier alpha value is -3.15. The number of rotatable bonds is 3. The van der Waals surface area contributed by atoms with E-state index in [1.807, 2.05) is 6.07 Å². The van der Waals surface area contributed by atoms with Crippen LogP contribution in [-0.2, 0) is 0 Å². The van der Waals surface area contributed by atoms with E-state index < -0.39 is 5.97 Å². The summed E-state index contributed by atoms with van der Waals surface area (Å²) in [6.45, 7) is 0. The number of carboxylic acids is 1. The van der Waals surface area contributed by atoms with Gasteiger partial charge in [0.15, 0.2) is 0 Å². The van der Waals surface area contributed by atoms with E-state index in [2.05, 4.69) is 17.5 Å². The average molecular weight is 336 g/mol. The van der Waals surface area contributed by atoms with Gasteiger partial charge in [-0.3, -0.25) is 10.1 Å². The van der Waals surface area contributed by atoms with Crippen LogP contribution in [0.15, 0.2) is 54.6 Å². The van der Waals surface area contributed by atoms with E-state index in [4.69, 9.17) is 0 Å². The summed E-state index contributed by atoms with van der Waals surface area (Å²) in [6.07, 6.45) is 5.06. The molecule has 0 saturated heterocycles. The van der Waals surface area contributed by atoms with E-state index in [0.29, 0.717) is 0 Å².